The number of hydrogen-bond donors (Lipinski definition) is 2. The predicted octanol–water partition coefficient (Wildman–Crippen LogP) is 2.83. The van der Waals surface area contributed by atoms with Crippen LogP contribution in [0.15, 0.2) is 18.2 Å². The van der Waals surface area contributed by atoms with Crippen molar-refractivity contribution in [1.29, 1.82) is 0 Å². The molecular weight excluding hydrogens is 251 g/mol. The first-order chi connectivity index (χ1) is 8.49. The fourth-order valence-corrected chi connectivity index (χ4v) is 1.89. The van der Waals surface area contributed by atoms with Crippen LogP contribution >= 0.6 is 12.2 Å². The molecule has 3 N–H and O–H groups in total. The molecule has 0 spiro atoms. The van der Waals surface area contributed by atoms with E-state index in [1.54, 1.807) is 0 Å². The molecule has 0 heterocycles. The number of thiocarbonyl (C=S) groups is 1. The van der Waals surface area contributed by atoms with Gasteiger partial charge in [0.05, 0.1) is 5.69 Å². The third kappa shape index (κ3) is 3.50. The zero-order valence-electron chi connectivity index (χ0n) is 10.5. The number of rotatable bonds is 5. The number of nitrogens with two attached hydrogens (primary N) is 1. The zero-order chi connectivity index (χ0) is 13.7. The molecular formula is C13H17FN2OS. The summed E-state index contributed by atoms with van der Waals surface area (Å²) in [6.45, 7) is 3.90. The van der Waals surface area contributed by atoms with Crippen molar-refractivity contribution in [3.63, 3.8) is 0 Å². The Balaban J connectivity index is 2.97. The Bertz CT molecular complexity index is 458. The molecule has 0 fully saturated rings. The lowest BCUT2D eigenvalue weighted by Crippen LogP contribution is -2.24. The first-order valence-electron chi connectivity index (χ1n) is 5.89. The molecule has 0 aliphatic carbocycles. The Morgan fingerprint density at radius 1 is 1.44 bits per heavy atom. The lowest BCUT2D eigenvalue weighted by Gasteiger charge is -2.15. The highest BCUT2D eigenvalue weighted by atomic mass is 32.1. The maximum atomic E-state index is 13.1. The quantitative estimate of drug-likeness (QED) is 0.807. The summed E-state index contributed by atoms with van der Waals surface area (Å²) in [5, 5.41) is 2.75. The average molecular weight is 268 g/mol. The lowest BCUT2D eigenvalue weighted by molar-refractivity contribution is -0.120. The number of benzene rings is 1. The van der Waals surface area contributed by atoms with Crippen LogP contribution in [0.3, 0.4) is 0 Å². The van der Waals surface area contributed by atoms with Crippen molar-refractivity contribution in [3.05, 3.63) is 29.6 Å². The van der Waals surface area contributed by atoms with Crippen LogP contribution < -0.4 is 11.1 Å². The molecule has 5 heteroatoms. The van der Waals surface area contributed by atoms with E-state index in [1.807, 2.05) is 13.8 Å². The van der Waals surface area contributed by atoms with Crippen molar-refractivity contribution >= 4 is 28.8 Å². The summed E-state index contributed by atoms with van der Waals surface area (Å²) in [5.41, 5.74) is 6.32. The average Bonchev–Trinajstić information content (AvgIpc) is 2.32. The van der Waals surface area contributed by atoms with E-state index in [0.29, 0.717) is 11.3 Å². The molecule has 0 bridgehead atoms. The van der Waals surface area contributed by atoms with Gasteiger partial charge in [0.2, 0.25) is 5.91 Å². The van der Waals surface area contributed by atoms with Gasteiger partial charge in [-0.3, -0.25) is 4.79 Å². The number of carbonyl (C=O) groups is 1. The highest BCUT2D eigenvalue weighted by Crippen LogP contribution is 2.19. The summed E-state index contributed by atoms with van der Waals surface area (Å²) < 4.78 is 13.1. The van der Waals surface area contributed by atoms with E-state index < -0.39 is 5.82 Å². The van der Waals surface area contributed by atoms with Crippen LogP contribution in [0.4, 0.5) is 10.1 Å². The minimum absolute atomic E-state index is 0.0609. The Labute approximate surface area is 112 Å². The third-order valence-corrected chi connectivity index (χ3v) is 3.08. The highest BCUT2D eigenvalue weighted by molar-refractivity contribution is 7.80. The van der Waals surface area contributed by atoms with Crippen molar-refractivity contribution in [2.75, 3.05) is 5.32 Å². The highest BCUT2D eigenvalue weighted by Gasteiger charge is 2.16. The number of hydrogen-bond acceptors (Lipinski definition) is 2. The van der Waals surface area contributed by atoms with Gasteiger partial charge in [0.1, 0.15) is 10.8 Å². The second-order valence-corrected chi connectivity index (χ2v) is 4.50. The first-order valence-corrected chi connectivity index (χ1v) is 6.30. The third-order valence-electron chi connectivity index (χ3n) is 2.86. The summed E-state index contributed by atoms with van der Waals surface area (Å²) in [6.07, 6.45) is 1.51. The number of carbonyl (C=O) groups excluding carboxylic acids is 1. The molecule has 0 aliphatic rings. The number of anilines is 1. The fraction of sp³-hybridized carbons (Fsp3) is 0.385. The molecule has 0 atom stereocenters. The van der Waals surface area contributed by atoms with Gasteiger partial charge in [-0.2, -0.15) is 0 Å². The van der Waals surface area contributed by atoms with E-state index in [0.717, 1.165) is 12.8 Å². The minimum Gasteiger partial charge on any atom is -0.389 e. The van der Waals surface area contributed by atoms with Crippen molar-refractivity contribution in [2.45, 2.75) is 26.7 Å². The predicted molar refractivity (Wildman–Crippen MR) is 75.0 cm³/mol. The van der Waals surface area contributed by atoms with Crippen LogP contribution in [-0.2, 0) is 4.79 Å². The number of nitrogens with one attached hydrogen (secondary N) is 1. The summed E-state index contributed by atoms with van der Waals surface area (Å²) in [5.74, 6) is -0.586. The van der Waals surface area contributed by atoms with Gasteiger partial charge in [0, 0.05) is 11.5 Å². The SMILES string of the molecule is CCC(CC)C(=O)Nc1ccc(F)cc1C(N)=S. The van der Waals surface area contributed by atoms with Crippen LogP contribution in [0.25, 0.3) is 0 Å². The molecule has 3 nitrogen and oxygen atoms in total. The molecule has 0 saturated heterocycles. The van der Waals surface area contributed by atoms with Gasteiger partial charge in [-0.25, -0.2) is 4.39 Å². The van der Waals surface area contributed by atoms with Gasteiger partial charge in [0.15, 0.2) is 0 Å². The van der Waals surface area contributed by atoms with Crippen molar-refractivity contribution in [3.8, 4) is 0 Å². The maximum absolute atomic E-state index is 13.1. The van der Waals surface area contributed by atoms with Gasteiger partial charge in [-0.05, 0) is 31.0 Å². The van der Waals surface area contributed by atoms with E-state index in [1.165, 1.54) is 18.2 Å². The number of amides is 1. The zero-order valence-corrected chi connectivity index (χ0v) is 11.3. The molecule has 1 aromatic carbocycles. The smallest absolute Gasteiger partial charge is 0.227 e. The molecule has 18 heavy (non-hydrogen) atoms. The fourth-order valence-electron chi connectivity index (χ4n) is 1.72. The molecule has 0 unspecified atom stereocenters. The van der Waals surface area contributed by atoms with Gasteiger partial charge < -0.3 is 11.1 Å². The molecule has 98 valence electrons. The Kier molecular flexibility index (Phi) is 5.22. The van der Waals surface area contributed by atoms with E-state index >= 15 is 0 Å². The van der Waals surface area contributed by atoms with E-state index in [2.05, 4.69) is 5.32 Å². The van der Waals surface area contributed by atoms with Crippen LogP contribution in [0.5, 0.6) is 0 Å². The molecule has 0 radical (unpaired) electrons. The monoisotopic (exact) mass is 268 g/mol. The molecule has 0 aliphatic heterocycles. The van der Waals surface area contributed by atoms with Crippen LogP contribution in [0, 0.1) is 11.7 Å². The summed E-state index contributed by atoms with van der Waals surface area (Å²) in [6, 6.07) is 3.97. The molecule has 1 aromatic rings. The Hall–Kier alpha value is -1.49. The molecule has 0 aromatic heterocycles. The summed E-state index contributed by atoms with van der Waals surface area (Å²) in [4.78, 5) is 12.0. The minimum atomic E-state index is -0.432. The molecule has 0 saturated carbocycles. The van der Waals surface area contributed by atoms with E-state index in [-0.39, 0.29) is 16.8 Å². The Morgan fingerprint density at radius 2 is 2.06 bits per heavy atom. The van der Waals surface area contributed by atoms with Crippen molar-refractivity contribution in [2.24, 2.45) is 11.7 Å². The second kappa shape index (κ2) is 6.44. The molecule has 1 rings (SSSR count). The van der Waals surface area contributed by atoms with Crippen molar-refractivity contribution < 1.29 is 9.18 Å². The topological polar surface area (TPSA) is 55.1 Å². The summed E-state index contributed by atoms with van der Waals surface area (Å²) >= 11 is 4.84. The van der Waals surface area contributed by atoms with Gasteiger partial charge >= 0.3 is 0 Å². The summed E-state index contributed by atoms with van der Waals surface area (Å²) in [7, 11) is 0. The maximum Gasteiger partial charge on any atom is 0.227 e. The van der Waals surface area contributed by atoms with Crippen molar-refractivity contribution in [1.82, 2.24) is 0 Å². The normalized spacial score (nSPS) is 10.4. The molecule has 1 amide bonds. The second-order valence-electron chi connectivity index (χ2n) is 4.06. The number of halogens is 1. The van der Waals surface area contributed by atoms with Crippen LogP contribution in [0.2, 0.25) is 0 Å². The Morgan fingerprint density at radius 3 is 2.56 bits per heavy atom. The van der Waals surface area contributed by atoms with Crippen LogP contribution in [-0.4, -0.2) is 10.9 Å². The van der Waals surface area contributed by atoms with E-state index in [9.17, 15) is 9.18 Å². The standard InChI is InChI=1S/C13H17FN2OS/c1-3-8(4-2)13(17)16-11-6-5-9(14)7-10(11)12(15)18/h5-8H,3-4H2,1-2H3,(H2,15,18)(H,16,17). The van der Waals surface area contributed by atoms with Gasteiger partial charge in [0.25, 0.3) is 0 Å². The largest absolute Gasteiger partial charge is 0.389 e. The van der Waals surface area contributed by atoms with E-state index in [4.69, 9.17) is 18.0 Å². The van der Waals surface area contributed by atoms with Gasteiger partial charge in [-0.1, -0.05) is 26.1 Å². The lowest BCUT2D eigenvalue weighted by atomic mass is 10.0. The first kappa shape index (κ1) is 14.6. The van der Waals surface area contributed by atoms with Crippen LogP contribution in [0.1, 0.15) is 32.3 Å². The van der Waals surface area contributed by atoms with Gasteiger partial charge in [-0.15, -0.1) is 0 Å².